The molecule has 0 atom stereocenters. The first-order chi connectivity index (χ1) is 7.29. The van der Waals surface area contributed by atoms with Gasteiger partial charge in [0.25, 0.3) is 5.69 Å². The van der Waals surface area contributed by atoms with E-state index in [2.05, 4.69) is 0 Å². The third-order valence-corrected chi connectivity index (χ3v) is 2.92. The molecule has 0 aliphatic heterocycles. The van der Waals surface area contributed by atoms with Crippen LogP contribution in [0.4, 0.5) is 9.57 Å². The summed E-state index contributed by atoms with van der Waals surface area (Å²) >= 11 is 5.69. The Morgan fingerprint density at radius 2 is 2.06 bits per heavy atom. The van der Waals surface area contributed by atoms with Crippen molar-refractivity contribution in [1.82, 2.24) is 0 Å². The minimum Gasteiger partial charge on any atom is -0.258 e. The predicted octanol–water partition coefficient (Wildman–Crippen LogP) is 2.09. The van der Waals surface area contributed by atoms with Crippen molar-refractivity contribution in [3.8, 4) is 0 Å². The maximum absolute atomic E-state index is 12.3. The lowest BCUT2D eigenvalue weighted by atomic mass is 10.1. The minimum absolute atomic E-state index is 0.175. The molecule has 0 N–H and O–H groups in total. The van der Waals surface area contributed by atoms with Crippen LogP contribution in [0, 0.1) is 10.1 Å². The summed E-state index contributed by atoms with van der Waals surface area (Å²) in [5.41, 5.74) is 0.0211. The third-order valence-electron chi connectivity index (χ3n) is 1.86. The van der Waals surface area contributed by atoms with E-state index in [4.69, 9.17) is 11.6 Å². The van der Waals surface area contributed by atoms with Crippen LogP contribution in [0.3, 0.4) is 0 Å². The highest BCUT2D eigenvalue weighted by Crippen LogP contribution is 2.22. The van der Waals surface area contributed by atoms with Crippen LogP contribution in [-0.2, 0) is 16.6 Å². The molecule has 0 aromatic heterocycles. The summed E-state index contributed by atoms with van der Waals surface area (Å²) in [5.74, 6) is -0.742. The lowest BCUT2D eigenvalue weighted by Crippen LogP contribution is -2.03. The first-order valence-corrected chi connectivity index (χ1v) is 6.08. The smallest absolute Gasteiger partial charge is 0.258 e. The van der Waals surface area contributed by atoms with Crippen molar-refractivity contribution in [3.05, 3.63) is 38.9 Å². The standard InChI is InChI=1S/C8H7ClFNO4S/c9-8-2-1-7(11(12)13)5-6(8)3-4-16(10,14)15/h1-2,5H,3-4H2. The number of nitro benzene ring substituents is 1. The zero-order chi connectivity index (χ0) is 12.3. The largest absolute Gasteiger partial charge is 0.302 e. The van der Waals surface area contributed by atoms with Gasteiger partial charge in [-0.05, 0) is 18.1 Å². The second kappa shape index (κ2) is 4.75. The molecule has 16 heavy (non-hydrogen) atoms. The van der Waals surface area contributed by atoms with Crippen LogP contribution < -0.4 is 0 Å². The van der Waals surface area contributed by atoms with Gasteiger partial charge < -0.3 is 0 Å². The van der Waals surface area contributed by atoms with E-state index in [0.29, 0.717) is 0 Å². The first kappa shape index (κ1) is 12.9. The number of non-ortho nitro benzene ring substituents is 1. The molecular formula is C8H7ClFNO4S. The van der Waals surface area contributed by atoms with Crippen molar-refractivity contribution < 1.29 is 17.2 Å². The number of aryl methyl sites for hydroxylation is 1. The van der Waals surface area contributed by atoms with E-state index < -0.39 is 20.9 Å². The van der Waals surface area contributed by atoms with Crippen molar-refractivity contribution in [3.63, 3.8) is 0 Å². The van der Waals surface area contributed by atoms with Gasteiger partial charge in [-0.15, -0.1) is 3.89 Å². The highest BCUT2D eigenvalue weighted by molar-refractivity contribution is 7.86. The maximum atomic E-state index is 12.3. The molecule has 0 spiro atoms. The van der Waals surface area contributed by atoms with E-state index in [-0.39, 0.29) is 22.7 Å². The topological polar surface area (TPSA) is 77.3 Å². The van der Waals surface area contributed by atoms with Crippen LogP contribution in [0.1, 0.15) is 5.56 Å². The summed E-state index contributed by atoms with van der Waals surface area (Å²) in [7, 11) is -4.60. The minimum atomic E-state index is -4.60. The van der Waals surface area contributed by atoms with Gasteiger partial charge in [-0.25, -0.2) is 0 Å². The number of hydrogen-bond acceptors (Lipinski definition) is 4. The second-order valence-corrected chi connectivity index (χ2v) is 4.92. The highest BCUT2D eigenvalue weighted by Gasteiger charge is 2.13. The van der Waals surface area contributed by atoms with E-state index in [1.807, 2.05) is 0 Å². The zero-order valence-corrected chi connectivity index (χ0v) is 9.46. The molecular weight excluding hydrogens is 261 g/mol. The quantitative estimate of drug-likeness (QED) is 0.475. The van der Waals surface area contributed by atoms with Gasteiger partial charge in [0, 0.05) is 17.2 Å². The molecule has 1 aromatic rings. The maximum Gasteiger partial charge on any atom is 0.302 e. The molecule has 0 heterocycles. The fraction of sp³-hybridized carbons (Fsp3) is 0.250. The summed E-state index contributed by atoms with van der Waals surface area (Å²) in [6, 6.07) is 3.60. The molecule has 8 heteroatoms. The van der Waals surface area contributed by atoms with Crippen molar-refractivity contribution >= 4 is 27.5 Å². The number of rotatable bonds is 4. The van der Waals surface area contributed by atoms with E-state index in [0.717, 1.165) is 6.07 Å². The summed E-state index contributed by atoms with van der Waals surface area (Å²) in [6.07, 6.45) is -0.195. The van der Waals surface area contributed by atoms with Gasteiger partial charge in [-0.3, -0.25) is 10.1 Å². The molecule has 0 unspecified atom stereocenters. The normalized spacial score (nSPS) is 11.4. The Labute approximate surface area is 96.2 Å². The zero-order valence-electron chi connectivity index (χ0n) is 7.89. The number of halogens is 2. The fourth-order valence-electron chi connectivity index (χ4n) is 1.10. The Bertz CT molecular complexity index is 517. The van der Waals surface area contributed by atoms with Gasteiger partial charge >= 0.3 is 10.2 Å². The van der Waals surface area contributed by atoms with Gasteiger partial charge in [0.1, 0.15) is 0 Å². The molecule has 0 aliphatic rings. The third kappa shape index (κ3) is 3.74. The van der Waals surface area contributed by atoms with Crippen molar-refractivity contribution in [2.75, 3.05) is 5.75 Å². The van der Waals surface area contributed by atoms with Crippen LogP contribution in [0.15, 0.2) is 18.2 Å². The summed E-state index contributed by atoms with van der Waals surface area (Å²) < 4.78 is 32.8. The molecule has 0 saturated heterocycles. The molecule has 0 fully saturated rings. The Kier molecular flexibility index (Phi) is 3.82. The lowest BCUT2D eigenvalue weighted by Gasteiger charge is -2.01. The van der Waals surface area contributed by atoms with Crippen molar-refractivity contribution in [1.29, 1.82) is 0 Å². The Morgan fingerprint density at radius 3 is 2.56 bits per heavy atom. The Balaban J connectivity index is 2.95. The average Bonchev–Trinajstić information content (AvgIpc) is 2.14. The molecule has 0 bridgehead atoms. The molecule has 0 aliphatic carbocycles. The van der Waals surface area contributed by atoms with Gasteiger partial charge in [-0.2, -0.15) is 8.42 Å². The van der Waals surface area contributed by atoms with Gasteiger partial charge in [0.15, 0.2) is 0 Å². The van der Waals surface area contributed by atoms with Gasteiger partial charge in [-0.1, -0.05) is 11.6 Å². The number of nitrogens with zero attached hydrogens (tertiary/aromatic N) is 1. The van der Waals surface area contributed by atoms with Crippen molar-refractivity contribution in [2.24, 2.45) is 0 Å². The average molecular weight is 268 g/mol. The summed E-state index contributed by atoms with van der Waals surface area (Å²) in [4.78, 5) is 9.80. The molecule has 1 aromatic carbocycles. The second-order valence-electron chi connectivity index (χ2n) is 3.03. The van der Waals surface area contributed by atoms with Crippen molar-refractivity contribution in [2.45, 2.75) is 6.42 Å². The molecule has 0 radical (unpaired) electrons. The van der Waals surface area contributed by atoms with E-state index in [1.165, 1.54) is 12.1 Å². The molecule has 5 nitrogen and oxygen atoms in total. The summed E-state index contributed by atoms with van der Waals surface area (Å²) in [6.45, 7) is 0. The van der Waals surface area contributed by atoms with Crippen LogP contribution in [0.2, 0.25) is 5.02 Å². The number of nitro groups is 1. The monoisotopic (exact) mass is 267 g/mol. The van der Waals surface area contributed by atoms with E-state index >= 15 is 0 Å². The molecule has 0 saturated carbocycles. The number of benzene rings is 1. The van der Waals surface area contributed by atoms with Crippen LogP contribution >= 0.6 is 11.6 Å². The first-order valence-electron chi connectivity index (χ1n) is 4.15. The van der Waals surface area contributed by atoms with Crippen LogP contribution in [0.5, 0.6) is 0 Å². The predicted molar refractivity (Wildman–Crippen MR) is 56.7 cm³/mol. The molecule has 88 valence electrons. The highest BCUT2D eigenvalue weighted by atomic mass is 35.5. The number of hydrogen-bond donors (Lipinski definition) is 0. The molecule has 1 rings (SSSR count). The summed E-state index contributed by atoms with van der Waals surface area (Å²) in [5, 5.41) is 10.6. The Morgan fingerprint density at radius 1 is 1.44 bits per heavy atom. The SMILES string of the molecule is O=[N+]([O-])c1ccc(Cl)c(CCS(=O)(=O)F)c1. The van der Waals surface area contributed by atoms with E-state index in [1.54, 1.807) is 0 Å². The van der Waals surface area contributed by atoms with Gasteiger partial charge in [0.05, 0.1) is 10.7 Å². The lowest BCUT2D eigenvalue weighted by molar-refractivity contribution is -0.384. The molecule has 0 amide bonds. The fourth-order valence-corrected chi connectivity index (χ4v) is 1.77. The van der Waals surface area contributed by atoms with Gasteiger partial charge in [0.2, 0.25) is 0 Å². The van der Waals surface area contributed by atoms with Crippen LogP contribution in [0.25, 0.3) is 0 Å². The van der Waals surface area contributed by atoms with E-state index in [9.17, 15) is 22.4 Å². The van der Waals surface area contributed by atoms with Crippen LogP contribution in [-0.4, -0.2) is 19.1 Å². The Hall–Kier alpha value is -1.21.